The maximum Gasteiger partial charge on any atom is 0.0398 e. The van der Waals surface area contributed by atoms with Gasteiger partial charge in [-0.2, -0.15) is 0 Å². The molecule has 0 saturated heterocycles. The SMILES string of the molecule is CCc1ccc(CC)c(C(Br)CCC2CCCCC2)c1. The van der Waals surface area contributed by atoms with Gasteiger partial charge in [-0.05, 0) is 48.3 Å². The van der Waals surface area contributed by atoms with Crippen molar-refractivity contribution in [3.05, 3.63) is 34.9 Å². The molecule has 0 radical (unpaired) electrons. The zero-order valence-corrected chi connectivity index (χ0v) is 14.7. The van der Waals surface area contributed by atoms with Crippen LogP contribution in [0.25, 0.3) is 0 Å². The predicted molar refractivity (Wildman–Crippen MR) is 92.7 cm³/mol. The highest BCUT2D eigenvalue weighted by Gasteiger charge is 2.17. The van der Waals surface area contributed by atoms with Gasteiger partial charge in [0.05, 0.1) is 0 Å². The second-order valence-electron chi connectivity index (χ2n) is 6.29. The van der Waals surface area contributed by atoms with E-state index in [4.69, 9.17) is 0 Å². The smallest absolute Gasteiger partial charge is 0.0398 e. The standard InChI is InChI=1S/C19H29Br/c1-3-15-10-12-17(4-2)18(14-15)19(20)13-11-16-8-6-5-7-9-16/h10,12,14,16,19H,3-9,11,13H2,1-2H3. The number of hydrogen-bond acceptors (Lipinski definition) is 0. The van der Waals surface area contributed by atoms with E-state index < -0.39 is 0 Å². The largest absolute Gasteiger partial charge is 0.0839 e. The normalized spacial score (nSPS) is 18.1. The third-order valence-electron chi connectivity index (χ3n) is 4.89. The summed E-state index contributed by atoms with van der Waals surface area (Å²) in [6.45, 7) is 4.52. The molecular weight excluding hydrogens is 308 g/mol. The average Bonchev–Trinajstić information content (AvgIpc) is 2.52. The van der Waals surface area contributed by atoms with E-state index in [1.807, 2.05) is 0 Å². The lowest BCUT2D eigenvalue weighted by molar-refractivity contribution is 0.332. The van der Waals surface area contributed by atoms with Crippen LogP contribution in [-0.4, -0.2) is 0 Å². The molecule has 1 aromatic rings. The minimum absolute atomic E-state index is 0.547. The molecule has 1 aliphatic rings. The van der Waals surface area contributed by atoms with Crippen LogP contribution in [0.3, 0.4) is 0 Å². The van der Waals surface area contributed by atoms with Crippen molar-refractivity contribution in [2.24, 2.45) is 5.92 Å². The van der Waals surface area contributed by atoms with Gasteiger partial charge in [0.25, 0.3) is 0 Å². The predicted octanol–water partition coefficient (Wildman–Crippen LogP) is 6.61. The van der Waals surface area contributed by atoms with E-state index in [9.17, 15) is 0 Å². The first kappa shape index (κ1) is 16.1. The molecule has 1 heteroatoms. The summed E-state index contributed by atoms with van der Waals surface area (Å²) in [5.41, 5.74) is 4.54. The molecular formula is C19H29Br. The summed E-state index contributed by atoms with van der Waals surface area (Å²) in [5, 5.41) is 0. The van der Waals surface area contributed by atoms with Crippen molar-refractivity contribution in [3.8, 4) is 0 Å². The van der Waals surface area contributed by atoms with Crippen LogP contribution in [0.15, 0.2) is 18.2 Å². The minimum atomic E-state index is 0.547. The zero-order chi connectivity index (χ0) is 14.4. The molecule has 2 rings (SSSR count). The molecule has 0 spiro atoms. The molecule has 1 atom stereocenters. The summed E-state index contributed by atoms with van der Waals surface area (Å²) >= 11 is 3.97. The van der Waals surface area contributed by atoms with Gasteiger partial charge in [-0.1, -0.05) is 80.1 Å². The molecule has 1 aliphatic carbocycles. The molecule has 0 nitrogen and oxygen atoms in total. The average molecular weight is 337 g/mol. The number of halogens is 1. The van der Waals surface area contributed by atoms with E-state index in [2.05, 4.69) is 48.0 Å². The monoisotopic (exact) mass is 336 g/mol. The molecule has 0 aliphatic heterocycles. The topological polar surface area (TPSA) is 0 Å². The Morgan fingerprint density at radius 2 is 1.85 bits per heavy atom. The van der Waals surface area contributed by atoms with Crippen LogP contribution in [-0.2, 0) is 12.8 Å². The van der Waals surface area contributed by atoms with Gasteiger partial charge in [0, 0.05) is 4.83 Å². The van der Waals surface area contributed by atoms with Crippen molar-refractivity contribution >= 4 is 15.9 Å². The van der Waals surface area contributed by atoms with E-state index in [0.717, 1.165) is 18.8 Å². The molecule has 0 amide bonds. The van der Waals surface area contributed by atoms with Crippen LogP contribution in [0.1, 0.15) is 80.3 Å². The first-order valence-corrected chi connectivity index (χ1v) is 9.41. The van der Waals surface area contributed by atoms with Gasteiger partial charge >= 0.3 is 0 Å². The van der Waals surface area contributed by atoms with Crippen molar-refractivity contribution in [1.82, 2.24) is 0 Å². The Bertz CT molecular complexity index is 404. The highest BCUT2D eigenvalue weighted by Crippen LogP contribution is 2.36. The van der Waals surface area contributed by atoms with Crippen LogP contribution in [0.2, 0.25) is 0 Å². The van der Waals surface area contributed by atoms with Gasteiger partial charge in [0.2, 0.25) is 0 Å². The number of rotatable bonds is 6. The highest BCUT2D eigenvalue weighted by molar-refractivity contribution is 9.09. The molecule has 20 heavy (non-hydrogen) atoms. The molecule has 1 unspecified atom stereocenters. The molecule has 1 aromatic carbocycles. The fraction of sp³-hybridized carbons (Fsp3) is 0.684. The van der Waals surface area contributed by atoms with Crippen LogP contribution in [0, 0.1) is 5.92 Å². The van der Waals surface area contributed by atoms with E-state index in [1.54, 1.807) is 5.56 Å². The van der Waals surface area contributed by atoms with E-state index in [-0.39, 0.29) is 0 Å². The first-order chi connectivity index (χ1) is 9.74. The molecule has 112 valence electrons. The third-order valence-corrected chi connectivity index (χ3v) is 5.84. The maximum atomic E-state index is 3.97. The molecule has 1 fully saturated rings. The second kappa shape index (κ2) is 8.22. The number of alkyl halides is 1. The molecule has 0 heterocycles. The number of benzene rings is 1. The van der Waals surface area contributed by atoms with Gasteiger partial charge in [-0.25, -0.2) is 0 Å². The fourth-order valence-electron chi connectivity index (χ4n) is 3.49. The quantitative estimate of drug-likeness (QED) is 0.513. The van der Waals surface area contributed by atoms with Crippen molar-refractivity contribution in [2.45, 2.75) is 76.5 Å². The van der Waals surface area contributed by atoms with Gasteiger partial charge in [0.15, 0.2) is 0 Å². The summed E-state index contributed by atoms with van der Waals surface area (Å²) in [6, 6.07) is 7.06. The van der Waals surface area contributed by atoms with Crippen LogP contribution in [0.4, 0.5) is 0 Å². The molecule has 1 saturated carbocycles. The Kier molecular flexibility index (Phi) is 6.61. The van der Waals surface area contributed by atoms with Crippen LogP contribution in [0.5, 0.6) is 0 Å². The fourth-order valence-corrected chi connectivity index (χ4v) is 4.18. The molecule has 0 aromatic heterocycles. The maximum absolute atomic E-state index is 3.97. The zero-order valence-electron chi connectivity index (χ0n) is 13.1. The van der Waals surface area contributed by atoms with Gasteiger partial charge in [-0.15, -0.1) is 0 Å². The number of aryl methyl sites for hydroxylation is 2. The Morgan fingerprint density at radius 3 is 2.50 bits per heavy atom. The molecule has 0 bridgehead atoms. The van der Waals surface area contributed by atoms with Gasteiger partial charge in [0.1, 0.15) is 0 Å². The van der Waals surface area contributed by atoms with Crippen molar-refractivity contribution in [3.63, 3.8) is 0 Å². The van der Waals surface area contributed by atoms with E-state index >= 15 is 0 Å². The minimum Gasteiger partial charge on any atom is -0.0839 e. The van der Waals surface area contributed by atoms with Crippen molar-refractivity contribution in [1.29, 1.82) is 0 Å². The summed E-state index contributed by atoms with van der Waals surface area (Å²) in [4.78, 5) is 0.547. The summed E-state index contributed by atoms with van der Waals surface area (Å²) in [6.07, 6.45) is 12.3. The Balaban J connectivity index is 1.98. The first-order valence-electron chi connectivity index (χ1n) is 8.50. The Morgan fingerprint density at radius 1 is 1.10 bits per heavy atom. The second-order valence-corrected chi connectivity index (χ2v) is 7.39. The lowest BCUT2D eigenvalue weighted by atomic mass is 9.85. The van der Waals surface area contributed by atoms with Gasteiger partial charge < -0.3 is 0 Å². The lowest BCUT2D eigenvalue weighted by Crippen LogP contribution is -2.07. The summed E-state index contributed by atoms with van der Waals surface area (Å²) in [5.74, 6) is 0.989. The van der Waals surface area contributed by atoms with Gasteiger partial charge in [-0.3, -0.25) is 0 Å². The summed E-state index contributed by atoms with van der Waals surface area (Å²) in [7, 11) is 0. The Hall–Kier alpha value is -0.300. The van der Waals surface area contributed by atoms with E-state index in [1.165, 1.54) is 56.1 Å². The van der Waals surface area contributed by atoms with Crippen molar-refractivity contribution in [2.75, 3.05) is 0 Å². The highest BCUT2D eigenvalue weighted by atomic mass is 79.9. The lowest BCUT2D eigenvalue weighted by Gasteiger charge is -2.23. The Labute approximate surface area is 133 Å². The molecule has 0 N–H and O–H groups in total. The van der Waals surface area contributed by atoms with Crippen LogP contribution < -0.4 is 0 Å². The third kappa shape index (κ3) is 4.35. The van der Waals surface area contributed by atoms with Crippen molar-refractivity contribution < 1.29 is 0 Å². The summed E-state index contributed by atoms with van der Waals surface area (Å²) < 4.78 is 0. The number of hydrogen-bond donors (Lipinski definition) is 0. The van der Waals surface area contributed by atoms with E-state index in [0.29, 0.717) is 4.83 Å². The van der Waals surface area contributed by atoms with Crippen LogP contribution >= 0.6 is 15.9 Å².